The molecule has 3 amide bonds. The van der Waals surface area contributed by atoms with E-state index in [0.29, 0.717) is 37.8 Å². The summed E-state index contributed by atoms with van der Waals surface area (Å²) in [7, 11) is 1.43. The van der Waals surface area contributed by atoms with Gasteiger partial charge < -0.3 is 83.9 Å². The molecule has 4 aromatic rings. The Bertz CT molecular complexity index is 3630. The summed E-state index contributed by atoms with van der Waals surface area (Å²) >= 11 is 23.9. The van der Waals surface area contributed by atoms with Crippen molar-refractivity contribution in [3.8, 4) is 23.0 Å². The van der Waals surface area contributed by atoms with Gasteiger partial charge in [0.2, 0.25) is 0 Å². The van der Waals surface area contributed by atoms with Gasteiger partial charge in [0.05, 0.1) is 70.4 Å². The van der Waals surface area contributed by atoms with E-state index in [1.165, 1.54) is 32.4 Å². The van der Waals surface area contributed by atoms with E-state index in [1.54, 1.807) is 48.5 Å². The van der Waals surface area contributed by atoms with Crippen molar-refractivity contribution < 1.29 is 81.4 Å². The van der Waals surface area contributed by atoms with E-state index in [9.17, 15) is 24.3 Å². The van der Waals surface area contributed by atoms with Gasteiger partial charge in [0.1, 0.15) is 17.1 Å². The molecule has 0 bridgehead atoms. The largest absolute Gasteiger partial charge is 0.506 e. The normalized spacial score (nSPS) is 17.0. The molecule has 0 saturated carbocycles. The maximum atomic E-state index is 13.3. The Hall–Kier alpha value is -5.05. The zero-order valence-electron chi connectivity index (χ0n) is 72.5. The first-order valence-corrected chi connectivity index (χ1v) is 38.6. The third-order valence-corrected chi connectivity index (χ3v) is 19.4. The Kier molecular flexibility index (Phi) is 35.5. The fourth-order valence-corrected chi connectivity index (χ4v) is 14.0. The highest BCUT2D eigenvalue weighted by atomic mass is 35.5. The van der Waals surface area contributed by atoms with E-state index in [0.717, 1.165) is 25.7 Å². The van der Waals surface area contributed by atoms with Crippen LogP contribution in [0.3, 0.4) is 0 Å². The Morgan fingerprint density at radius 2 is 0.691 bits per heavy atom. The second kappa shape index (κ2) is 38.6. The highest BCUT2D eigenvalue weighted by Gasteiger charge is 2.64. The summed E-state index contributed by atoms with van der Waals surface area (Å²) < 4.78 is 57.2. The maximum absolute atomic E-state index is 13.3. The summed E-state index contributed by atoms with van der Waals surface area (Å²) in [5.74, 6) is -1.93. The standard InChI is InChI=1S/C23H37BClNO5.C17H26ClNO3.C15H22ClNO2.C12H24B2O4.C8H19N.C7H5ClO3/c1-20(2,3)13-21(4,5)26-19(27)16-11-15(12-17(25)18(16)29-14-28-10)24-30-22(6,7)23(8,9)31-24;1-16(2,3)10-17(4,5)19-15(20)12-8-7-9-13(18)14(12)22-11-21-6;1-14(2,3)9-15(4,5)17-13(19)10-7-6-8-11(16)12(10)18;1-9(2)10(3,4)16-13(15-9)14-17-11(5,6)12(7,8)18-14;1-7(2,3)6-8(4,5)9;8-5-3-1-2-4(6(5)9)7(10)11/h11-12H,13-14H2,1-10H3,(H,26,27);7-9H,10-11H2,1-6H3,(H,19,20);6-8,18H,9H2,1-5H3,(H,17,19);1-8H3;6,9H2,1-5H3;1-3,9H,(H,10,11). The minimum Gasteiger partial charge on any atom is -0.506 e. The van der Waals surface area contributed by atoms with Crippen LogP contribution < -0.4 is 36.6 Å². The number of carbonyl (C=O) groups excluding carboxylic acids is 3. The number of nitrogens with one attached hydrogen (secondary N) is 3. The third-order valence-electron chi connectivity index (χ3n) is 18.2. The lowest BCUT2D eigenvalue weighted by Crippen LogP contribution is -2.46. The molecule has 0 spiro atoms. The molecule has 110 heavy (non-hydrogen) atoms. The Balaban J connectivity index is 0.000000466. The predicted octanol–water partition coefficient (Wildman–Crippen LogP) is 19.0. The fraction of sp³-hybridized carbons (Fsp3) is 0.659. The summed E-state index contributed by atoms with van der Waals surface area (Å²) in [5, 5.41) is 37.4. The summed E-state index contributed by atoms with van der Waals surface area (Å²) in [6, 6.07) is 17.5. The number of phenols is 2. The fourth-order valence-electron chi connectivity index (χ4n) is 13.1. The van der Waals surface area contributed by atoms with Crippen molar-refractivity contribution in [3.63, 3.8) is 0 Å². The van der Waals surface area contributed by atoms with Crippen LogP contribution in [0, 0.1) is 21.7 Å². The minimum absolute atomic E-state index is 0.0156. The molecule has 0 aliphatic carbocycles. The van der Waals surface area contributed by atoms with Gasteiger partial charge in [0, 0.05) is 36.4 Å². The number of hydrogen-bond donors (Lipinski definition) is 7. The van der Waals surface area contributed by atoms with Gasteiger partial charge in [-0.25, -0.2) is 4.79 Å². The molecule has 28 heteroatoms. The van der Waals surface area contributed by atoms with Gasteiger partial charge in [-0.1, -0.05) is 148 Å². The molecule has 3 heterocycles. The van der Waals surface area contributed by atoms with Crippen molar-refractivity contribution in [2.45, 2.75) is 303 Å². The van der Waals surface area contributed by atoms with Crippen molar-refractivity contribution in [3.05, 3.63) is 109 Å². The van der Waals surface area contributed by atoms with Crippen LogP contribution in [-0.2, 0) is 37.4 Å². The first kappa shape index (κ1) is 101. The number of ether oxygens (including phenoxy) is 4. The number of benzene rings is 4. The summed E-state index contributed by atoms with van der Waals surface area (Å²) in [6.45, 7) is 66.1. The molecular formula is C82H133B3Cl4N4O17. The number of carboxylic acids is 1. The number of methoxy groups -OCH3 is 2. The number of aromatic carboxylic acids is 1. The lowest BCUT2D eigenvalue weighted by Gasteiger charge is -2.33. The highest BCUT2D eigenvalue weighted by Crippen LogP contribution is 2.44. The van der Waals surface area contributed by atoms with Gasteiger partial charge in [0.15, 0.2) is 25.1 Å². The number of para-hydroxylation sites is 3. The van der Waals surface area contributed by atoms with Crippen LogP contribution in [0.25, 0.3) is 0 Å². The lowest BCUT2D eigenvalue weighted by atomic mass is 9.49. The molecule has 7 rings (SSSR count). The van der Waals surface area contributed by atoms with Gasteiger partial charge in [-0.05, 0) is 240 Å². The van der Waals surface area contributed by atoms with Crippen LogP contribution in [0.5, 0.6) is 23.0 Å². The summed E-state index contributed by atoms with van der Waals surface area (Å²) in [5.41, 5.74) is 4.26. The number of halogens is 4. The number of amides is 3. The number of nitrogens with two attached hydrogens (primary N) is 1. The first-order valence-electron chi connectivity index (χ1n) is 37.1. The quantitative estimate of drug-likeness (QED) is 0.0339. The molecule has 3 aliphatic rings. The Labute approximate surface area is 680 Å². The molecule has 0 aromatic heterocycles. The average Bonchev–Trinajstić information content (AvgIpc) is 1.60. The van der Waals surface area contributed by atoms with E-state index < -0.39 is 43.8 Å². The molecule has 8 N–H and O–H groups in total. The van der Waals surface area contributed by atoms with Crippen molar-refractivity contribution >= 4 is 96.7 Å². The molecule has 4 aromatic carbocycles. The van der Waals surface area contributed by atoms with Crippen LogP contribution in [0.1, 0.15) is 289 Å². The molecular weight excluding hydrogens is 1490 g/mol. The van der Waals surface area contributed by atoms with Crippen molar-refractivity contribution in [2.24, 2.45) is 27.4 Å². The Morgan fingerprint density at radius 3 is 0.991 bits per heavy atom. The smallest absolute Gasteiger partial charge is 0.494 e. The van der Waals surface area contributed by atoms with Crippen molar-refractivity contribution in [2.75, 3.05) is 27.8 Å². The number of carbonyl (C=O) groups is 4. The van der Waals surface area contributed by atoms with Gasteiger partial charge in [-0.2, -0.15) is 0 Å². The van der Waals surface area contributed by atoms with Crippen LogP contribution in [0.15, 0.2) is 66.7 Å². The number of carboxylic acid groups (broad SMARTS) is 1. The second-order valence-corrected chi connectivity index (χ2v) is 40.6. The number of aromatic hydroxyl groups is 2. The van der Waals surface area contributed by atoms with Crippen molar-refractivity contribution in [1.29, 1.82) is 0 Å². The van der Waals surface area contributed by atoms with E-state index in [2.05, 4.69) is 113 Å². The predicted molar refractivity (Wildman–Crippen MR) is 448 cm³/mol. The molecule has 21 nitrogen and oxygen atoms in total. The first-order chi connectivity index (χ1) is 49.3. The SMILES string of the molecule is CC(C)(C)CC(C)(C)N.CC(C)(C)CC(C)(C)NC(=O)c1cccc(Cl)c1O.CC1(C)OB(B2OC(C)(C)C(C)(C)O2)OC1(C)C.COCOc1c(Cl)cc(B2OC(C)(C)C(C)(C)O2)cc1C(=O)NC(C)(C)CC(C)(C)C.COCOc1c(Cl)cccc1C(=O)NC(C)(C)CC(C)(C)C.O=C(O)c1cccc(Cl)c1O. The Morgan fingerprint density at radius 1 is 0.409 bits per heavy atom. The van der Waals surface area contributed by atoms with Gasteiger partial charge in [0.25, 0.3) is 17.7 Å². The minimum atomic E-state index is -1.19. The van der Waals surface area contributed by atoms with E-state index in [-0.39, 0.29) is 125 Å². The lowest BCUT2D eigenvalue weighted by molar-refractivity contribution is 0.00578. The van der Waals surface area contributed by atoms with Gasteiger partial charge in [-0.3, -0.25) is 14.4 Å². The zero-order valence-corrected chi connectivity index (χ0v) is 75.5. The number of rotatable bonds is 19. The topological polar surface area (TPSA) is 283 Å². The molecule has 620 valence electrons. The van der Waals surface area contributed by atoms with Crippen LogP contribution in [0.2, 0.25) is 20.1 Å². The van der Waals surface area contributed by atoms with E-state index >= 15 is 0 Å². The third kappa shape index (κ3) is 32.7. The average molecular weight is 1620 g/mol. The number of phenolic OH excluding ortho intramolecular Hbond substituents is 1. The summed E-state index contributed by atoms with van der Waals surface area (Å²) in [4.78, 5) is 48.5. The van der Waals surface area contributed by atoms with Crippen LogP contribution >= 0.6 is 46.4 Å². The molecule has 0 atom stereocenters. The van der Waals surface area contributed by atoms with Crippen LogP contribution in [-0.4, -0.2) is 144 Å². The van der Waals surface area contributed by atoms with E-state index in [1.807, 2.05) is 125 Å². The molecule has 0 unspecified atom stereocenters. The number of hydrogen-bond acceptors (Lipinski definition) is 17. The molecule has 0 radical (unpaired) electrons. The molecule has 3 saturated heterocycles. The van der Waals surface area contributed by atoms with E-state index in [4.69, 9.17) is 109 Å². The highest BCUT2D eigenvalue weighted by molar-refractivity contribution is 7.11. The maximum Gasteiger partial charge on any atom is 0.494 e. The van der Waals surface area contributed by atoms with Crippen molar-refractivity contribution in [1.82, 2.24) is 16.0 Å². The molecule has 3 fully saturated rings. The van der Waals surface area contributed by atoms with Crippen LogP contribution in [0.4, 0.5) is 0 Å². The van der Waals surface area contributed by atoms with Gasteiger partial charge in [-0.15, -0.1) is 0 Å². The van der Waals surface area contributed by atoms with Gasteiger partial charge >= 0.3 is 27.1 Å². The molecule has 3 aliphatic heterocycles. The summed E-state index contributed by atoms with van der Waals surface area (Å²) in [6.07, 6.45) is 3.54. The second-order valence-electron chi connectivity index (χ2n) is 39.0. The monoisotopic (exact) mass is 1620 g/mol. The zero-order chi connectivity index (χ0) is 85.8.